The molecule has 0 unspecified atom stereocenters. The molecule has 2 aliphatic rings. The predicted octanol–water partition coefficient (Wildman–Crippen LogP) is 1.92. The van der Waals surface area contributed by atoms with Crippen LogP contribution in [-0.2, 0) is 9.47 Å². The van der Waals surface area contributed by atoms with E-state index in [1.807, 2.05) is 18.2 Å². The highest BCUT2D eigenvalue weighted by molar-refractivity contribution is 5.95. The third-order valence-corrected chi connectivity index (χ3v) is 5.58. The number of morpholine rings is 2. The van der Waals surface area contributed by atoms with Crippen molar-refractivity contribution in [2.45, 2.75) is 26.8 Å². The molecule has 0 bridgehead atoms. The van der Waals surface area contributed by atoms with Crippen LogP contribution in [-0.4, -0.2) is 76.0 Å². The smallest absolute Gasteiger partial charge is 0.251 e. The van der Waals surface area contributed by atoms with Gasteiger partial charge in [0.2, 0.25) is 0 Å². The first-order valence-corrected chi connectivity index (χ1v) is 10.1. The summed E-state index contributed by atoms with van der Waals surface area (Å²) in [5.41, 5.74) is 3.06. The van der Waals surface area contributed by atoms with E-state index in [4.69, 9.17) is 9.47 Å². The molecule has 0 saturated carbocycles. The van der Waals surface area contributed by atoms with Gasteiger partial charge in [0.15, 0.2) is 0 Å². The Labute approximate surface area is 162 Å². The molecular formula is C21H33N3O3. The molecule has 0 aliphatic carbocycles. The first-order valence-electron chi connectivity index (χ1n) is 10.1. The number of aryl methyl sites for hydroxylation is 1. The summed E-state index contributed by atoms with van der Waals surface area (Å²) in [5, 5.41) is 3.16. The number of benzene rings is 1. The summed E-state index contributed by atoms with van der Waals surface area (Å²) in [4.78, 5) is 17.5. The van der Waals surface area contributed by atoms with Gasteiger partial charge in [-0.3, -0.25) is 9.69 Å². The monoisotopic (exact) mass is 375 g/mol. The topological polar surface area (TPSA) is 54.0 Å². The SMILES string of the molecule is Cc1ccc(C(=O)NC[C@H](C(C)C)N2CCOCC2)cc1N1CCOCC1. The molecule has 1 aromatic rings. The number of nitrogens with one attached hydrogen (secondary N) is 1. The van der Waals surface area contributed by atoms with Crippen molar-refractivity contribution in [1.82, 2.24) is 10.2 Å². The van der Waals surface area contributed by atoms with Crippen LogP contribution in [0.2, 0.25) is 0 Å². The third-order valence-electron chi connectivity index (χ3n) is 5.58. The van der Waals surface area contributed by atoms with Gasteiger partial charge in [-0.1, -0.05) is 19.9 Å². The van der Waals surface area contributed by atoms with Crippen molar-refractivity contribution in [2.75, 3.05) is 64.1 Å². The Morgan fingerprint density at radius 3 is 2.33 bits per heavy atom. The summed E-state index contributed by atoms with van der Waals surface area (Å²) in [6.07, 6.45) is 0. The lowest BCUT2D eigenvalue weighted by atomic mass is 10.0. The van der Waals surface area contributed by atoms with E-state index in [1.165, 1.54) is 5.56 Å². The Hall–Kier alpha value is -1.63. The minimum atomic E-state index is 0.00317. The number of carbonyl (C=O) groups is 1. The van der Waals surface area contributed by atoms with Crippen LogP contribution in [0.3, 0.4) is 0 Å². The number of nitrogens with zero attached hydrogens (tertiary/aromatic N) is 2. The summed E-state index contributed by atoms with van der Waals surface area (Å²) in [6, 6.07) is 6.33. The highest BCUT2D eigenvalue weighted by atomic mass is 16.5. The molecule has 0 aromatic heterocycles. The summed E-state index contributed by atoms with van der Waals surface area (Å²) in [5.74, 6) is 0.480. The number of hydrogen-bond acceptors (Lipinski definition) is 5. The molecule has 1 atom stereocenters. The number of carbonyl (C=O) groups excluding carboxylic acids is 1. The van der Waals surface area contributed by atoms with Crippen LogP contribution in [0.15, 0.2) is 18.2 Å². The molecule has 1 amide bonds. The summed E-state index contributed by atoms with van der Waals surface area (Å²) in [7, 11) is 0. The van der Waals surface area contributed by atoms with Crippen molar-refractivity contribution in [2.24, 2.45) is 5.92 Å². The van der Waals surface area contributed by atoms with Gasteiger partial charge in [-0.05, 0) is 30.5 Å². The molecule has 0 radical (unpaired) electrons. The summed E-state index contributed by atoms with van der Waals surface area (Å²) in [6.45, 7) is 13.8. The van der Waals surface area contributed by atoms with Gasteiger partial charge in [0, 0.05) is 50.0 Å². The van der Waals surface area contributed by atoms with Crippen LogP contribution >= 0.6 is 0 Å². The molecule has 1 N–H and O–H groups in total. The zero-order valence-electron chi connectivity index (χ0n) is 16.9. The molecule has 2 saturated heterocycles. The van der Waals surface area contributed by atoms with E-state index >= 15 is 0 Å². The molecule has 1 aromatic carbocycles. The normalized spacial score (nSPS) is 19.9. The lowest BCUT2D eigenvalue weighted by Gasteiger charge is -2.37. The fourth-order valence-corrected chi connectivity index (χ4v) is 3.89. The minimum absolute atomic E-state index is 0.00317. The minimum Gasteiger partial charge on any atom is -0.379 e. The molecule has 0 spiro atoms. The molecule has 2 fully saturated rings. The predicted molar refractivity (Wildman–Crippen MR) is 108 cm³/mol. The highest BCUT2D eigenvalue weighted by Crippen LogP contribution is 2.23. The van der Waals surface area contributed by atoms with Gasteiger partial charge in [0.1, 0.15) is 0 Å². The molecule has 6 nitrogen and oxygen atoms in total. The molecular weight excluding hydrogens is 342 g/mol. The van der Waals surface area contributed by atoms with Crippen LogP contribution in [0.5, 0.6) is 0 Å². The average molecular weight is 376 g/mol. The van der Waals surface area contributed by atoms with E-state index < -0.39 is 0 Å². The fraction of sp³-hybridized carbons (Fsp3) is 0.667. The van der Waals surface area contributed by atoms with E-state index in [0.29, 0.717) is 18.5 Å². The zero-order chi connectivity index (χ0) is 19.2. The number of rotatable bonds is 6. The number of hydrogen-bond donors (Lipinski definition) is 1. The molecule has 2 heterocycles. The van der Waals surface area contributed by atoms with Crippen LogP contribution in [0.25, 0.3) is 0 Å². The first kappa shape index (κ1) is 20.1. The van der Waals surface area contributed by atoms with E-state index in [2.05, 4.69) is 35.9 Å². The zero-order valence-corrected chi connectivity index (χ0v) is 16.9. The van der Waals surface area contributed by atoms with Gasteiger partial charge in [0.25, 0.3) is 5.91 Å². The van der Waals surface area contributed by atoms with Gasteiger partial charge in [-0.25, -0.2) is 0 Å². The Kier molecular flexibility index (Phi) is 7.10. The third kappa shape index (κ3) is 5.21. The van der Waals surface area contributed by atoms with Crippen molar-refractivity contribution < 1.29 is 14.3 Å². The van der Waals surface area contributed by atoms with E-state index in [9.17, 15) is 4.79 Å². The van der Waals surface area contributed by atoms with Gasteiger partial charge >= 0.3 is 0 Å². The largest absolute Gasteiger partial charge is 0.379 e. The first-order chi connectivity index (χ1) is 13.1. The van der Waals surface area contributed by atoms with E-state index in [0.717, 1.165) is 63.9 Å². The number of amides is 1. The average Bonchev–Trinajstić information content (AvgIpc) is 2.69. The van der Waals surface area contributed by atoms with Gasteiger partial charge in [0.05, 0.1) is 26.4 Å². The maximum Gasteiger partial charge on any atom is 0.251 e. The van der Waals surface area contributed by atoms with Crippen LogP contribution in [0.4, 0.5) is 5.69 Å². The Bertz CT molecular complexity index is 623. The molecule has 27 heavy (non-hydrogen) atoms. The lowest BCUT2D eigenvalue weighted by Crippen LogP contribution is -2.51. The second-order valence-electron chi connectivity index (χ2n) is 7.77. The second kappa shape index (κ2) is 9.53. The van der Waals surface area contributed by atoms with Gasteiger partial charge in [-0.15, -0.1) is 0 Å². The maximum absolute atomic E-state index is 12.8. The van der Waals surface area contributed by atoms with Gasteiger partial charge in [-0.2, -0.15) is 0 Å². The standard InChI is InChI=1S/C21H33N3O3/c1-16(2)20(24-8-12-27-13-9-24)15-22-21(25)18-5-4-17(3)19(14-18)23-6-10-26-11-7-23/h4-5,14,16,20H,6-13,15H2,1-3H3,(H,22,25)/t20-/m1/s1. The summed E-state index contributed by atoms with van der Waals surface area (Å²) >= 11 is 0. The Balaban J connectivity index is 1.64. The number of ether oxygens (including phenoxy) is 2. The van der Waals surface area contributed by atoms with E-state index in [1.54, 1.807) is 0 Å². The lowest BCUT2D eigenvalue weighted by molar-refractivity contribution is 0.00673. The Morgan fingerprint density at radius 1 is 1.07 bits per heavy atom. The van der Waals surface area contributed by atoms with Crippen molar-refractivity contribution in [3.8, 4) is 0 Å². The fourth-order valence-electron chi connectivity index (χ4n) is 3.89. The maximum atomic E-state index is 12.8. The van der Waals surface area contributed by atoms with Crippen LogP contribution < -0.4 is 10.2 Å². The van der Waals surface area contributed by atoms with Crippen LogP contribution in [0, 0.1) is 12.8 Å². The van der Waals surface area contributed by atoms with Crippen molar-refractivity contribution in [3.05, 3.63) is 29.3 Å². The number of anilines is 1. The van der Waals surface area contributed by atoms with Crippen molar-refractivity contribution in [1.29, 1.82) is 0 Å². The quantitative estimate of drug-likeness (QED) is 0.823. The second-order valence-corrected chi connectivity index (χ2v) is 7.77. The van der Waals surface area contributed by atoms with E-state index in [-0.39, 0.29) is 5.91 Å². The van der Waals surface area contributed by atoms with Crippen LogP contribution in [0.1, 0.15) is 29.8 Å². The van der Waals surface area contributed by atoms with Crippen molar-refractivity contribution in [3.63, 3.8) is 0 Å². The molecule has 2 aliphatic heterocycles. The summed E-state index contributed by atoms with van der Waals surface area (Å²) < 4.78 is 10.9. The molecule has 3 rings (SSSR count). The highest BCUT2D eigenvalue weighted by Gasteiger charge is 2.24. The van der Waals surface area contributed by atoms with Crippen molar-refractivity contribution >= 4 is 11.6 Å². The molecule has 150 valence electrons. The molecule has 6 heteroatoms. The Morgan fingerprint density at radius 2 is 1.70 bits per heavy atom. The van der Waals surface area contributed by atoms with Gasteiger partial charge < -0.3 is 19.7 Å².